The SMILES string of the molecule is CC(NC1C[C@H](C)Sc2sccc21)C(=O)N1CCOCC1. The predicted molar refractivity (Wildman–Crippen MR) is 87.0 cm³/mol. The molecule has 116 valence electrons. The first-order valence-corrected chi connectivity index (χ1v) is 9.27. The first-order chi connectivity index (χ1) is 10.1. The van der Waals surface area contributed by atoms with Crippen LogP contribution in [-0.4, -0.2) is 48.4 Å². The number of thiophene rings is 1. The molecule has 1 N–H and O–H groups in total. The van der Waals surface area contributed by atoms with Crippen LogP contribution < -0.4 is 5.32 Å². The number of ether oxygens (including phenoxy) is 1. The van der Waals surface area contributed by atoms with Crippen molar-refractivity contribution in [1.29, 1.82) is 0 Å². The molecule has 1 saturated heterocycles. The van der Waals surface area contributed by atoms with Gasteiger partial charge in [0.05, 0.1) is 23.5 Å². The van der Waals surface area contributed by atoms with E-state index in [1.807, 2.05) is 34.9 Å². The molecule has 6 heteroatoms. The van der Waals surface area contributed by atoms with Crippen molar-refractivity contribution in [2.45, 2.75) is 41.8 Å². The van der Waals surface area contributed by atoms with Gasteiger partial charge in [-0.15, -0.1) is 23.1 Å². The molecule has 0 bridgehead atoms. The lowest BCUT2D eigenvalue weighted by Gasteiger charge is -2.33. The maximum Gasteiger partial charge on any atom is 0.239 e. The summed E-state index contributed by atoms with van der Waals surface area (Å²) in [5.41, 5.74) is 1.37. The second-order valence-electron chi connectivity index (χ2n) is 5.71. The first-order valence-electron chi connectivity index (χ1n) is 7.52. The highest BCUT2D eigenvalue weighted by atomic mass is 32.2. The minimum Gasteiger partial charge on any atom is -0.378 e. The number of carbonyl (C=O) groups is 1. The van der Waals surface area contributed by atoms with Gasteiger partial charge in [0.2, 0.25) is 5.91 Å². The minimum atomic E-state index is -0.142. The van der Waals surface area contributed by atoms with Crippen molar-refractivity contribution in [3.63, 3.8) is 0 Å². The van der Waals surface area contributed by atoms with Crippen LogP contribution in [-0.2, 0) is 9.53 Å². The van der Waals surface area contributed by atoms with Gasteiger partial charge in [-0.1, -0.05) is 6.92 Å². The lowest BCUT2D eigenvalue weighted by Crippen LogP contribution is -2.50. The van der Waals surface area contributed by atoms with Crippen LogP contribution in [0.1, 0.15) is 31.9 Å². The maximum atomic E-state index is 12.5. The number of amides is 1. The second-order valence-corrected chi connectivity index (χ2v) is 8.33. The summed E-state index contributed by atoms with van der Waals surface area (Å²) in [4.78, 5) is 14.4. The van der Waals surface area contributed by atoms with E-state index < -0.39 is 0 Å². The quantitative estimate of drug-likeness (QED) is 0.927. The number of hydrogen-bond acceptors (Lipinski definition) is 5. The molecule has 1 fully saturated rings. The molecule has 0 saturated carbocycles. The van der Waals surface area contributed by atoms with E-state index in [1.165, 1.54) is 9.77 Å². The standard InChI is InChI=1S/C15H22N2O2S2/c1-10-9-13(12-3-8-20-15(12)21-10)16-11(2)14(18)17-4-6-19-7-5-17/h3,8,10-11,13,16H,4-7,9H2,1-2H3/t10-,11?,13?/m0/s1. The number of rotatable bonds is 3. The van der Waals surface area contributed by atoms with Gasteiger partial charge < -0.3 is 9.64 Å². The zero-order chi connectivity index (χ0) is 14.8. The molecule has 1 amide bonds. The maximum absolute atomic E-state index is 12.5. The van der Waals surface area contributed by atoms with Gasteiger partial charge in [0.1, 0.15) is 0 Å². The molecule has 1 aromatic rings. The number of carbonyl (C=O) groups excluding carboxylic acids is 1. The average molecular weight is 326 g/mol. The summed E-state index contributed by atoms with van der Waals surface area (Å²) in [7, 11) is 0. The van der Waals surface area contributed by atoms with E-state index in [0.717, 1.165) is 6.42 Å². The Morgan fingerprint density at radius 2 is 2.24 bits per heavy atom. The van der Waals surface area contributed by atoms with Crippen molar-refractivity contribution in [3.8, 4) is 0 Å². The largest absolute Gasteiger partial charge is 0.378 e. The molecular weight excluding hydrogens is 304 g/mol. The van der Waals surface area contributed by atoms with Crippen LogP contribution in [0.25, 0.3) is 0 Å². The number of nitrogens with zero attached hydrogens (tertiary/aromatic N) is 1. The van der Waals surface area contributed by atoms with Gasteiger partial charge in [-0.3, -0.25) is 10.1 Å². The van der Waals surface area contributed by atoms with Crippen molar-refractivity contribution in [2.24, 2.45) is 0 Å². The van der Waals surface area contributed by atoms with E-state index in [1.54, 1.807) is 0 Å². The van der Waals surface area contributed by atoms with Gasteiger partial charge >= 0.3 is 0 Å². The number of hydrogen-bond donors (Lipinski definition) is 1. The van der Waals surface area contributed by atoms with Crippen LogP contribution in [0, 0.1) is 0 Å². The summed E-state index contributed by atoms with van der Waals surface area (Å²) in [6.07, 6.45) is 1.08. The second kappa shape index (κ2) is 6.69. The fourth-order valence-electron chi connectivity index (χ4n) is 2.94. The third-order valence-corrected chi connectivity index (χ3v) is 6.40. The number of nitrogens with one attached hydrogen (secondary N) is 1. The normalized spacial score (nSPS) is 27.2. The molecule has 2 unspecified atom stereocenters. The van der Waals surface area contributed by atoms with Crippen LogP contribution in [0.2, 0.25) is 0 Å². The summed E-state index contributed by atoms with van der Waals surface area (Å²) >= 11 is 3.76. The fourth-order valence-corrected chi connectivity index (χ4v) is 5.50. The van der Waals surface area contributed by atoms with E-state index in [2.05, 4.69) is 23.7 Å². The fraction of sp³-hybridized carbons (Fsp3) is 0.667. The Morgan fingerprint density at radius 3 is 3.00 bits per heavy atom. The van der Waals surface area contributed by atoms with Gasteiger partial charge in [-0.25, -0.2) is 0 Å². The van der Waals surface area contributed by atoms with Crippen LogP contribution >= 0.6 is 23.1 Å². The van der Waals surface area contributed by atoms with Crippen LogP contribution in [0.3, 0.4) is 0 Å². The predicted octanol–water partition coefficient (Wildman–Crippen LogP) is 2.51. The summed E-state index contributed by atoms with van der Waals surface area (Å²) < 4.78 is 6.71. The van der Waals surface area contributed by atoms with E-state index in [-0.39, 0.29) is 11.9 Å². The Morgan fingerprint density at radius 1 is 1.48 bits per heavy atom. The molecule has 3 atom stereocenters. The molecule has 21 heavy (non-hydrogen) atoms. The highest BCUT2D eigenvalue weighted by molar-refractivity contribution is 8.01. The smallest absolute Gasteiger partial charge is 0.239 e. The summed E-state index contributed by atoms with van der Waals surface area (Å²) in [6, 6.07) is 2.35. The van der Waals surface area contributed by atoms with Crippen molar-refractivity contribution in [3.05, 3.63) is 17.0 Å². The minimum absolute atomic E-state index is 0.142. The Labute approximate surface area is 134 Å². The van der Waals surface area contributed by atoms with Gasteiger partial charge in [-0.05, 0) is 30.4 Å². The zero-order valence-corrected chi connectivity index (χ0v) is 14.1. The summed E-state index contributed by atoms with van der Waals surface area (Å²) in [6.45, 7) is 6.98. The molecule has 2 aliphatic rings. The molecule has 2 aliphatic heterocycles. The number of thioether (sulfide) groups is 1. The van der Waals surface area contributed by atoms with Crippen molar-refractivity contribution >= 4 is 29.0 Å². The third kappa shape index (κ3) is 3.44. The Balaban J connectivity index is 1.65. The van der Waals surface area contributed by atoms with E-state index in [9.17, 15) is 4.79 Å². The lowest BCUT2D eigenvalue weighted by molar-refractivity contribution is -0.137. The van der Waals surface area contributed by atoms with E-state index in [4.69, 9.17) is 4.74 Å². The van der Waals surface area contributed by atoms with Crippen molar-refractivity contribution < 1.29 is 9.53 Å². The number of morpholine rings is 1. The molecule has 4 nitrogen and oxygen atoms in total. The Bertz CT molecular complexity index is 500. The van der Waals surface area contributed by atoms with Gasteiger partial charge in [0, 0.05) is 24.4 Å². The van der Waals surface area contributed by atoms with Crippen LogP contribution in [0.5, 0.6) is 0 Å². The highest BCUT2D eigenvalue weighted by Gasteiger charge is 2.30. The molecule has 0 aliphatic carbocycles. The van der Waals surface area contributed by atoms with E-state index in [0.29, 0.717) is 37.6 Å². The summed E-state index contributed by atoms with van der Waals surface area (Å²) in [5.74, 6) is 0.195. The molecule has 0 spiro atoms. The molecule has 3 rings (SSSR count). The first kappa shape index (κ1) is 15.3. The van der Waals surface area contributed by atoms with Gasteiger partial charge in [-0.2, -0.15) is 0 Å². The Kier molecular flexibility index (Phi) is 4.88. The van der Waals surface area contributed by atoms with Crippen LogP contribution in [0.4, 0.5) is 0 Å². The third-order valence-electron chi connectivity index (χ3n) is 4.05. The monoisotopic (exact) mass is 326 g/mol. The van der Waals surface area contributed by atoms with Crippen molar-refractivity contribution in [2.75, 3.05) is 26.3 Å². The van der Waals surface area contributed by atoms with Crippen LogP contribution in [0.15, 0.2) is 15.7 Å². The lowest BCUT2D eigenvalue weighted by atomic mass is 10.0. The molecule has 1 aromatic heterocycles. The summed E-state index contributed by atoms with van der Waals surface area (Å²) in [5, 5.41) is 6.30. The molecule has 3 heterocycles. The highest BCUT2D eigenvalue weighted by Crippen LogP contribution is 2.43. The van der Waals surface area contributed by atoms with Gasteiger partial charge in [0.25, 0.3) is 0 Å². The Hall–Kier alpha value is -0.560. The molecule has 0 aromatic carbocycles. The van der Waals surface area contributed by atoms with E-state index >= 15 is 0 Å². The average Bonchev–Trinajstić information content (AvgIpc) is 2.95. The topological polar surface area (TPSA) is 41.6 Å². The number of fused-ring (bicyclic) bond motifs is 1. The molecule has 0 radical (unpaired) electrons. The van der Waals surface area contributed by atoms with Gasteiger partial charge in [0.15, 0.2) is 0 Å². The molecular formula is C15H22N2O2S2. The van der Waals surface area contributed by atoms with Crippen molar-refractivity contribution in [1.82, 2.24) is 10.2 Å². The zero-order valence-electron chi connectivity index (χ0n) is 12.5.